The average Bonchev–Trinajstić information content (AvgIpc) is 1.51. The van der Waals surface area contributed by atoms with Gasteiger partial charge in [-0.25, -0.2) is 0 Å². The molecular formula is C104H74BBr4IN2O2. The summed E-state index contributed by atoms with van der Waals surface area (Å²) in [5, 5.41) is 0. The largest absolute Gasteiger partial charge is 0.494 e. The Kier molecular flexibility index (Phi) is 19.4. The normalized spacial score (nSPS) is 14.4. The van der Waals surface area contributed by atoms with E-state index in [1.165, 1.54) is 109 Å². The highest BCUT2D eigenvalue weighted by Gasteiger charge is 2.55. The number of fused-ring (bicyclic) bond motifs is 20. The first-order valence-electron chi connectivity index (χ1n) is 38.5. The first-order valence-corrected chi connectivity index (χ1v) is 42.7. The highest BCUT2D eigenvalue weighted by atomic mass is 127. The zero-order valence-electron chi connectivity index (χ0n) is 63.0. The van der Waals surface area contributed by atoms with Crippen LogP contribution in [-0.4, -0.2) is 18.3 Å². The van der Waals surface area contributed by atoms with Gasteiger partial charge in [-0.15, -0.1) is 0 Å². The Morgan fingerprint density at radius 2 is 0.553 bits per heavy atom. The van der Waals surface area contributed by atoms with Crippen molar-refractivity contribution in [3.05, 3.63) is 442 Å². The number of benzene rings is 16. The van der Waals surface area contributed by atoms with Crippen molar-refractivity contribution in [3.63, 3.8) is 0 Å². The van der Waals surface area contributed by atoms with E-state index in [1.54, 1.807) is 0 Å². The van der Waals surface area contributed by atoms with Gasteiger partial charge in [0, 0.05) is 55.3 Å². The molecule has 2 spiro atoms. The number of hydrogen-bond donors (Lipinski definition) is 0. The second-order valence-corrected chi connectivity index (χ2v) is 35.3. The first kappa shape index (κ1) is 73.9. The molecular weight excluding hydrogens is 1770 g/mol. The Morgan fingerprint density at radius 1 is 0.254 bits per heavy atom. The average molecular weight is 1840 g/mol. The standard InChI is InChI=1S/C49H40BNO2.C49H31Br2N.C6H3Br2I/c1-47(2)48(3,4)53-50(52-47)34-26-28-35(29-27-34)51(46-25-15-11-18-37(46)33-16-6-5-7-17-33)36-30-31-41-40-21-10-14-24-44(40)49(45(41)32-36)42-22-12-8-19-38(42)39-20-9-13-23-43(39)49;50-34-24-29-47(51)42(30-34)33-22-25-35(26-23-33)52(48-21-11-7-14-37(48)32-12-2-1-3-13-32)36-27-28-41-40-17-6-10-20-45(40)49(46(41)31-36)43-18-8-4-15-38(43)39-16-5-9-19-44(39)49;7-4-1-2-5(8)6(9)3-4/h5-32H,1-4H3;1-31H;1-3H. The minimum Gasteiger partial charge on any atom is -0.399 e. The molecule has 0 saturated carbocycles. The fourth-order valence-corrected chi connectivity index (χ4v) is 20.5. The summed E-state index contributed by atoms with van der Waals surface area (Å²) in [7, 11) is -0.431. The van der Waals surface area contributed by atoms with Crippen molar-refractivity contribution in [2.45, 2.75) is 49.7 Å². The van der Waals surface area contributed by atoms with Crippen LogP contribution in [0.3, 0.4) is 0 Å². The van der Waals surface area contributed by atoms with E-state index in [1.807, 2.05) is 12.1 Å². The molecule has 4 aliphatic carbocycles. The highest BCUT2D eigenvalue weighted by Crippen LogP contribution is 2.66. The first-order chi connectivity index (χ1) is 55.6. The van der Waals surface area contributed by atoms with Gasteiger partial charge in [-0.2, -0.15) is 0 Å². The second-order valence-electron chi connectivity index (χ2n) is 30.6. The summed E-state index contributed by atoms with van der Waals surface area (Å²) in [6, 6.07) is 137. The van der Waals surface area contributed by atoms with Crippen LogP contribution in [0, 0.1) is 3.57 Å². The smallest absolute Gasteiger partial charge is 0.399 e. The molecule has 0 atom stereocenters. The van der Waals surface area contributed by atoms with Gasteiger partial charge >= 0.3 is 7.12 Å². The Morgan fingerprint density at radius 3 is 0.921 bits per heavy atom. The maximum absolute atomic E-state index is 6.45. The molecule has 16 aromatic rings. The molecule has 0 amide bonds. The predicted octanol–water partition coefficient (Wildman–Crippen LogP) is 29.6. The van der Waals surface area contributed by atoms with Crippen molar-refractivity contribution in [1.29, 1.82) is 0 Å². The lowest BCUT2D eigenvalue weighted by Crippen LogP contribution is -2.41. The molecule has 0 unspecified atom stereocenters. The molecule has 1 fully saturated rings. The van der Waals surface area contributed by atoms with Gasteiger partial charge in [-0.3, -0.25) is 0 Å². The molecule has 114 heavy (non-hydrogen) atoms. The minimum absolute atomic E-state index is 0.410. The topological polar surface area (TPSA) is 24.9 Å². The molecule has 16 aromatic carbocycles. The van der Waals surface area contributed by atoms with E-state index in [0.717, 1.165) is 74.2 Å². The zero-order chi connectivity index (χ0) is 77.6. The third-order valence-corrected chi connectivity index (χ3v) is 27.9. The number of para-hydroxylation sites is 2. The third-order valence-electron chi connectivity index (χ3n) is 23.9. The summed E-state index contributed by atoms with van der Waals surface area (Å²) >= 11 is 16.5. The number of nitrogens with zero attached hydrogens (tertiary/aromatic N) is 2. The van der Waals surface area contributed by atoms with E-state index in [4.69, 9.17) is 9.31 Å². The van der Waals surface area contributed by atoms with Crippen LogP contribution in [0.2, 0.25) is 0 Å². The van der Waals surface area contributed by atoms with Gasteiger partial charge in [0.05, 0.1) is 33.4 Å². The fourth-order valence-electron chi connectivity index (χ4n) is 18.1. The summed E-state index contributed by atoms with van der Waals surface area (Å²) < 4.78 is 18.5. The van der Waals surface area contributed by atoms with Crippen molar-refractivity contribution in [2.24, 2.45) is 0 Å². The van der Waals surface area contributed by atoms with Gasteiger partial charge in [0.2, 0.25) is 0 Å². The van der Waals surface area contributed by atoms with Crippen LogP contribution in [0.15, 0.2) is 394 Å². The van der Waals surface area contributed by atoms with Crippen molar-refractivity contribution < 1.29 is 9.31 Å². The summed E-state index contributed by atoms with van der Waals surface area (Å²) in [6.45, 7) is 8.40. The molecule has 4 nitrogen and oxygen atoms in total. The molecule has 0 radical (unpaired) electrons. The quantitative estimate of drug-likeness (QED) is 0.0774. The molecule has 0 aromatic heterocycles. The summed E-state index contributed by atoms with van der Waals surface area (Å²) in [5.74, 6) is 0. The van der Waals surface area contributed by atoms with Crippen molar-refractivity contribution in [1.82, 2.24) is 0 Å². The lowest BCUT2D eigenvalue weighted by Gasteiger charge is -2.32. The van der Waals surface area contributed by atoms with Crippen LogP contribution in [0.25, 0.3) is 77.9 Å². The third kappa shape index (κ3) is 12.4. The van der Waals surface area contributed by atoms with E-state index in [2.05, 4.69) is 488 Å². The molecule has 1 heterocycles. The molecule has 1 saturated heterocycles. The summed E-state index contributed by atoms with van der Waals surface area (Å²) in [4.78, 5) is 4.85. The monoisotopic (exact) mass is 1840 g/mol. The number of halogens is 5. The maximum atomic E-state index is 6.45. The van der Waals surface area contributed by atoms with E-state index in [0.29, 0.717) is 0 Å². The van der Waals surface area contributed by atoms with Crippen molar-refractivity contribution in [3.8, 4) is 77.9 Å². The van der Waals surface area contributed by atoms with Crippen LogP contribution in [0.5, 0.6) is 0 Å². The van der Waals surface area contributed by atoms with Gasteiger partial charge < -0.3 is 19.1 Å². The highest BCUT2D eigenvalue weighted by molar-refractivity contribution is 14.1. The second kappa shape index (κ2) is 29.9. The summed E-state index contributed by atoms with van der Waals surface area (Å²) in [6.07, 6.45) is 0. The number of hydrogen-bond acceptors (Lipinski definition) is 4. The SMILES string of the molecule is Brc1ccc(Br)c(-c2ccc(N(c3ccc4c(c3)C3(c5ccccc5-c5ccccc53)c3ccccc3-4)c3ccccc3-c3ccccc3)cc2)c1.Brc1ccc(Br)c(I)c1.CC1(C)OB(c2ccc(N(c3ccc4c(c3)C3(c5ccccc5-c5ccccc53)c3ccccc3-4)c3ccccc3-c3ccccc3)cc2)OC1(C)C. The number of rotatable bonds is 10. The van der Waals surface area contributed by atoms with E-state index in [9.17, 15) is 0 Å². The van der Waals surface area contributed by atoms with Crippen LogP contribution in [0.1, 0.15) is 72.2 Å². The molecule has 550 valence electrons. The maximum Gasteiger partial charge on any atom is 0.494 e. The molecule has 0 N–H and O–H groups in total. The lowest BCUT2D eigenvalue weighted by molar-refractivity contribution is 0.00578. The number of anilines is 6. The van der Waals surface area contributed by atoms with Gasteiger partial charge in [-0.05, 0) is 280 Å². The van der Waals surface area contributed by atoms with Crippen LogP contribution >= 0.6 is 86.3 Å². The molecule has 5 aliphatic rings. The van der Waals surface area contributed by atoms with Crippen molar-refractivity contribution in [2.75, 3.05) is 9.80 Å². The zero-order valence-corrected chi connectivity index (χ0v) is 71.5. The van der Waals surface area contributed by atoms with Crippen LogP contribution < -0.4 is 15.3 Å². The van der Waals surface area contributed by atoms with Gasteiger partial charge in [0.25, 0.3) is 0 Å². The Labute approximate surface area is 715 Å². The van der Waals surface area contributed by atoms with E-state index < -0.39 is 29.2 Å². The predicted molar refractivity (Wildman–Crippen MR) is 497 cm³/mol. The lowest BCUT2D eigenvalue weighted by atomic mass is 9.70. The molecule has 0 bridgehead atoms. The molecule has 1 aliphatic heterocycles. The minimum atomic E-state index is -0.431. The Bertz CT molecular complexity index is 6280. The van der Waals surface area contributed by atoms with Gasteiger partial charge in [0.15, 0.2) is 0 Å². The van der Waals surface area contributed by atoms with Crippen LogP contribution in [0.4, 0.5) is 34.1 Å². The summed E-state index contributed by atoms with van der Waals surface area (Å²) in [5.41, 5.74) is 34.0. The van der Waals surface area contributed by atoms with Crippen molar-refractivity contribution >= 4 is 133 Å². The van der Waals surface area contributed by atoms with E-state index >= 15 is 0 Å². The Balaban J connectivity index is 0.000000138. The van der Waals surface area contributed by atoms with Gasteiger partial charge in [0.1, 0.15) is 0 Å². The molecule has 21 rings (SSSR count). The van der Waals surface area contributed by atoms with E-state index in [-0.39, 0.29) is 0 Å². The fraction of sp³-hybridized carbons (Fsp3) is 0.0769. The van der Waals surface area contributed by atoms with Crippen LogP contribution in [-0.2, 0) is 20.1 Å². The van der Waals surface area contributed by atoms with Gasteiger partial charge in [-0.1, -0.05) is 327 Å². The molecule has 10 heteroatoms. The Hall–Kier alpha value is -10.2.